The van der Waals surface area contributed by atoms with Gasteiger partial charge in [0.05, 0.1) is 5.69 Å². The number of hydrogen-bond donors (Lipinski definition) is 1. The molecule has 0 aliphatic rings. The number of halogens is 4. The molecule has 0 saturated heterocycles. The van der Waals surface area contributed by atoms with Crippen molar-refractivity contribution < 1.29 is 17.6 Å². The third-order valence-corrected chi connectivity index (χ3v) is 6.28. The Bertz CT molecular complexity index is 1410. The lowest BCUT2D eigenvalue weighted by Gasteiger charge is -2.12. The molecule has 0 atom stereocenters. The van der Waals surface area contributed by atoms with Gasteiger partial charge >= 0.3 is 0 Å². The number of nitrogens with zero attached hydrogens (tertiary/aromatic N) is 3. The van der Waals surface area contributed by atoms with Crippen molar-refractivity contribution in [2.24, 2.45) is 4.99 Å². The average molecular weight is 519 g/mol. The highest BCUT2D eigenvalue weighted by Gasteiger charge is 2.14. The minimum atomic E-state index is -2.52. The zero-order chi connectivity index (χ0) is 24.9. The molecule has 0 amide bonds. The fourth-order valence-electron chi connectivity index (χ4n) is 3.23. The normalized spacial score (nSPS) is 11.7. The molecule has 11 heteroatoms. The lowest BCUT2D eigenvalue weighted by atomic mass is 10.2. The standard InChI is InChI=1S/C24H18F4N4OS2/c1-14-3-2-12-32-21(14)31-20(30-16-6-10-18(11-7-16)35-24(27)28)19(22(32)33)13-29-15-4-8-17(9-5-15)34-23(25)26/h2-13,23-24,30H,1H3. The van der Waals surface area contributed by atoms with Gasteiger partial charge in [-0.2, -0.15) is 17.6 Å². The Hall–Kier alpha value is -3.31. The SMILES string of the molecule is Cc1cccn2c(=O)c(C=Nc3ccc(SC(F)F)cc3)c(Nc3ccc(SC(F)F)cc3)nc12. The third-order valence-electron chi connectivity index (χ3n) is 4.83. The van der Waals surface area contributed by atoms with E-state index in [4.69, 9.17) is 0 Å². The molecule has 0 fully saturated rings. The summed E-state index contributed by atoms with van der Waals surface area (Å²) in [6.07, 6.45) is 2.97. The van der Waals surface area contributed by atoms with Crippen molar-refractivity contribution in [1.29, 1.82) is 0 Å². The summed E-state index contributed by atoms with van der Waals surface area (Å²) in [7, 11) is 0. The van der Waals surface area contributed by atoms with Crippen molar-refractivity contribution in [1.82, 2.24) is 9.38 Å². The first-order chi connectivity index (χ1) is 16.8. The molecule has 0 spiro atoms. The molecule has 4 rings (SSSR count). The first-order valence-corrected chi connectivity index (χ1v) is 12.0. The molecular formula is C24H18F4N4OS2. The summed E-state index contributed by atoms with van der Waals surface area (Å²) in [5.74, 6) is -4.80. The molecule has 0 radical (unpaired) electrons. The van der Waals surface area contributed by atoms with Crippen molar-refractivity contribution in [3.05, 3.63) is 88.3 Å². The lowest BCUT2D eigenvalue weighted by molar-refractivity contribution is 0.251. The second kappa shape index (κ2) is 11.0. The quantitative estimate of drug-likeness (QED) is 0.153. The van der Waals surface area contributed by atoms with Crippen molar-refractivity contribution in [2.75, 3.05) is 5.32 Å². The van der Waals surface area contributed by atoms with Gasteiger partial charge < -0.3 is 5.32 Å². The summed E-state index contributed by atoms with van der Waals surface area (Å²) in [4.78, 5) is 23.0. The molecule has 0 saturated carbocycles. The fourth-order valence-corrected chi connectivity index (χ4v) is 4.23. The molecule has 180 valence electrons. The Morgan fingerprint density at radius 3 is 2.14 bits per heavy atom. The van der Waals surface area contributed by atoms with Crippen molar-refractivity contribution >= 4 is 52.6 Å². The predicted octanol–water partition coefficient (Wildman–Crippen LogP) is 7.13. The molecular weight excluding hydrogens is 500 g/mol. The van der Waals surface area contributed by atoms with Crippen LogP contribution in [0.25, 0.3) is 5.65 Å². The van der Waals surface area contributed by atoms with Crippen LogP contribution in [0.4, 0.5) is 34.8 Å². The van der Waals surface area contributed by atoms with Gasteiger partial charge in [-0.15, -0.1) is 0 Å². The van der Waals surface area contributed by atoms with Crippen LogP contribution in [0.3, 0.4) is 0 Å². The summed E-state index contributed by atoms with van der Waals surface area (Å²) in [5, 5.41) is 3.08. The van der Waals surface area contributed by atoms with E-state index in [1.807, 2.05) is 13.0 Å². The number of aryl methyl sites for hydroxylation is 1. The van der Waals surface area contributed by atoms with Crippen LogP contribution in [-0.4, -0.2) is 27.1 Å². The minimum Gasteiger partial charge on any atom is -0.339 e. The topological polar surface area (TPSA) is 58.8 Å². The molecule has 5 nitrogen and oxygen atoms in total. The van der Waals surface area contributed by atoms with Crippen LogP contribution < -0.4 is 10.9 Å². The van der Waals surface area contributed by atoms with E-state index in [0.717, 1.165) is 5.56 Å². The van der Waals surface area contributed by atoms with Crippen molar-refractivity contribution in [2.45, 2.75) is 28.2 Å². The molecule has 0 unspecified atom stereocenters. The van der Waals surface area contributed by atoms with Gasteiger partial charge in [0.1, 0.15) is 17.0 Å². The van der Waals surface area contributed by atoms with Gasteiger partial charge in [-0.25, -0.2) is 4.98 Å². The van der Waals surface area contributed by atoms with Gasteiger partial charge in [-0.1, -0.05) is 29.6 Å². The van der Waals surface area contributed by atoms with Gasteiger partial charge in [0, 0.05) is 27.9 Å². The van der Waals surface area contributed by atoms with E-state index in [0.29, 0.717) is 50.3 Å². The average Bonchev–Trinajstić information content (AvgIpc) is 2.81. The molecule has 0 aliphatic heterocycles. The zero-order valence-corrected chi connectivity index (χ0v) is 19.8. The van der Waals surface area contributed by atoms with Crippen LogP contribution in [0.15, 0.2) is 86.4 Å². The van der Waals surface area contributed by atoms with E-state index < -0.39 is 11.5 Å². The van der Waals surface area contributed by atoms with Crippen molar-refractivity contribution in [3.63, 3.8) is 0 Å². The van der Waals surface area contributed by atoms with Crippen LogP contribution in [0, 0.1) is 6.92 Å². The number of aromatic nitrogens is 2. The Morgan fingerprint density at radius 1 is 0.943 bits per heavy atom. The number of benzene rings is 2. The third kappa shape index (κ3) is 6.23. The maximum absolute atomic E-state index is 13.3. The number of thioether (sulfide) groups is 2. The molecule has 2 heterocycles. The highest BCUT2D eigenvalue weighted by Crippen LogP contribution is 2.28. The summed E-state index contributed by atoms with van der Waals surface area (Å²) in [6, 6.07) is 16.1. The van der Waals surface area contributed by atoms with E-state index in [-0.39, 0.29) is 16.9 Å². The Balaban J connectivity index is 1.71. The van der Waals surface area contributed by atoms with E-state index >= 15 is 0 Å². The Morgan fingerprint density at radius 2 is 1.54 bits per heavy atom. The Labute approximate surface area is 206 Å². The summed E-state index contributed by atoms with van der Waals surface area (Å²) < 4.78 is 51.7. The van der Waals surface area contributed by atoms with Gasteiger partial charge in [0.25, 0.3) is 17.1 Å². The number of pyridine rings is 1. The maximum atomic E-state index is 13.3. The van der Waals surface area contributed by atoms with E-state index in [1.54, 1.807) is 48.7 Å². The van der Waals surface area contributed by atoms with E-state index in [1.165, 1.54) is 22.7 Å². The number of fused-ring (bicyclic) bond motifs is 1. The highest BCUT2D eigenvalue weighted by atomic mass is 32.2. The maximum Gasteiger partial charge on any atom is 0.288 e. The van der Waals surface area contributed by atoms with Crippen LogP contribution in [0.5, 0.6) is 0 Å². The Kier molecular flexibility index (Phi) is 7.76. The second-order valence-corrected chi connectivity index (χ2v) is 9.35. The second-order valence-electron chi connectivity index (χ2n) is 7.22. The number of alkyl halides is 4. The summed E-state index contributed by atoms with van der Waals surface area (Å²) in [5.41, 5.74) is 2.07. The monoisotopic (exact) mass is 518 g/mol. The molecule has 0 bridgehead atoms. The van der Waals surface area contributed by atoms with Crippen LogP contribution >= 0.6 is 23.5 Å². The van der Waals surface area contributed by atoms with Gasteiger partial charge in [0.15, 0.2) is 0 Å². The molecule has 1 N–H and O–H groups in total. The number of hydrogen-bond acceptors (Lipinski definition) is 6. The molecule has 2 aromatic heterocycles. The smallest absolute Gasteiger partial charge is 0.288 e. The largest absolute Gasteiger partial charge is 0.339 e. The van der Waals surface area contributed by atoms with E-state index in [2.05, 4.69) is 15.3 Å². The first-order valence-electron chi connectivity index (χ1n) is 10.2. The fraction of sp³-hybridized carbons (Fsp3) is 0.125. The van der Waals surface area contributed by atoms with Crippen LogP contribution in [0.1, 0.15) is 11.1 Å². The molecule has 0 aliphatic carbocycles. The number of rotatable bonds is 8. The summed E-state index contributed by atoms with van der Waals surface area (Å²) >= 11 is 0.871. The molecule has 2 aromatic carbocycles. The number of nitrogens with one attached hydrogen (secondary N) is 1. The van der Waals surface area contributed by atoms with Gasteiger partial charge in [-0.3, -0.25) is 14.2 Å². The first kappa shape index (κ1) is 24.8. The van der Waals surface area contributed by atoms with Crippen LogP contribution in [-0.2, 0) is 0 Å². The van der Waals surface area contributed by atoms with Crippen molar-refractivity contribution in [3.8, 4) is 0 Å². The lowest BCUT2D eigenvalue weighted by Crippen LogP contribution is -2.22. The zero-order valence-electron chi connectivity index (χ0n) is 18.2. The van der Waals surface area contributed by atoms with E-state index in [9.17, 15) is 22.4 Å². The minimum absolute atomic E-state index is 0.171. The number of anilines is 2. The molecule has 4 aromatic rings. The van der Waals surface area contributed by atoms with Gasteiger partial charge in [0.2, 0.25) is 0 Å². The van der Waals surface area contributed by atoms with Gasteiger partial charge in [-0.05, 0) is 67.1 Å². The van der Waals surface area contributed by atoms with Crippen LogP contribution in [0.2, 0.25) is 0 Å². The molecule has 35 heavy (non-hydrogen) atoms. The highest BCUT2D eigenvalue weighted by molar-refractivity contribution is 7.99. The summed E-state index contributed by atoms with van der Waals surface area (Å²) in [6.45, 7) is 1.83. The predicted molar refractivity (Wildman–Crippen MR) is 133 cm³/mol. The number of aliphatic imine (C=N–C) groups is 1.